The third kappa shape index (κ3) is 7.10. The van der Waals surface area contributed by atoms with Crippen LogP contribution in [0.3, 0.4) is 0 Å². The van der Waals surface area contributed by atoms with E-state index >= 15 is 0 Å². The highest BCUT2D eigenvalue weighted by Gasteiger charge is 1.85. The van der Waals surface area contributed by atoms with E-state index in [9.17, 15) is 4.79 Å². The van der Waals surface area contributed by atoms with Crippen LogP contribution in [0.4, 0.5) is 0 Å². The van der Waals surface area contributed by atoms with Crippen molar-refractivity contribution < 1.29 is 10.0 Å². The van der Waals surface area contributed by atoms with E-state index in [1.807, 2.05) is 0 Å². The van der Waals surface area contributed by atoms with Gasteiger partial charge < -0.3 is 0 Å². The van der Waals surface area contributed by atoms with Gasteiger partial charge in [-0.15, -0.1) is 5.06 Å². The minimum absolute atomic E-state index is 0.277. The number of nitrogens with zero attached hydrogens (tertiary/aromatic N) is 1. The molecule has 0 spiro atoms. The zero-order chi connectivity index (χ0) is 9.23. The average molecular weight is 169 g/mol. The molecule has 0 aromatic heterocycles. The number of hydrogen-bond donors (Lipinski definition) is 1. The summed E-state index contributed by atoms with van der Waals surface area (Å²) in [5.74, 6) is 2.69. The van der Waals surface area contributed by atoms with E-state index in [4.69, 9.17) is 5.21 Å². The van der Waals surface area contributed by atoms with Gasteiger partial charge >= 0.3 is 0 Å². The third-order valence-corrected chi connectivity index (χ3v) is 1.45. The molecule has 1 N–H and O–H groups in total. The molecule has 0 saturated heterocycles. The lowest BCUT2D eigenvalue weighted by Gasteiger charge is -1.94. The molecule has 0 aliphatic carbocycles. The lowest BCUT2D eigenvalue weighted by atomic mass is 10.2. The molecule has 0 aliphatic heterocycles. The van der Waals surface area contributed by atoms with Crippen LogP contribution in [0, 0.1) is 12.0 Å². The number of hydroxylamine groups is 2. The normalized spacial score (nSPS) is 8.50. The average Bonchev–Trinajstić information content (AvgIpc) is 2.10. The Balaban J connectivity index is 3.26. The minimum atomic E-state index is 0.277. The molecule has 0 saturated carbocycles. The van der Waals surface area contributed by atoms with Crippen LogP contribution < -0.4 is 0 Å². The molecule has 0 rings (SSSR count). The Hall–Kier alpha value is -1.01. The van der Waals surface area contributed by atoms with Gasteiger partial charge in [0.2, 0.25) is 6.41 Å². The topological polar surface area (TPSA) is 40.5 Å². The maximum atomic E-state index is 9.84. The molecule has 0 atom stereocenters. The van der Waals surface area contributed by atoms with E-state index in [0.717, 1.165) is 19.3 Å². The van der Waals surface area contributed by atoms with E-state index in [-0.39, 0.29) is 6.41 Å². The first-order valence-electron chi connectivity index (χ1n) is 4.23. The zero-order valence-electron chi connectivity index (χ0n) is 7.42. The first-order chi connectivity index (χ1) is 5.81. The van der Waals surface area contributed by atoms with Gasteiger partial charge in [-0.25, -0.2) is 0 Å². The first kappa shape index (κ1) is 11.0. The number of rotatable bonds is 5. The van der Waals surface area contributed by atoms with Crippen LogP contribution in [0.5, 0.6) is 0 Å². The predicted octanol–water partition coefficient (Wildman–Crippen LogP) is 1.77. The largest absolute Gasteiger partial charge is 0.275 e. The molecule has 0 aliphatic rings. The molecular formula is C9H15NO2. The molecule has 0 fully saturated rings. The summed E-state index contributed by atoms with van der Waals surface area (Å²) in [5, 5.41) is 8.90. The van der Waals surface area contributed by atoms with Crippen LogP contribution in [0.25, 0.3) is 0 Å². The Morgan fingerprint density at radius 3 is 2.75 bits per heavy atom. The Morgan fingerprint density at radius 2 is 2.17 bits per heavy atom. The summed E-state index contributed by atoms with van der Waals surface area (Å²) in [5.41, 5.74) is 0. The van der Waals surface area contributed by atoms with Gasteiger partial charge in [0.1, 0.15) is 0 Å². The van der Waals surface area contributed by atoms with Crippen molar-refractivity contribution in [3.05, 3.63) is 0 Å². The molecular weight excluding hydrogens is 154 g/mol. The molecule has 12 heavy (non-hydrogen) atoms. The Kier molecular flexibility index (Phi) is 7.41. The summed E-state index contributed by atoms with van der Waals surface area (Å²) in [7, 11) is 0. The molecule has 0 bridgehead atoms. The fraction of sp³-hybridized carbons (Fsp3) is 0.667. The van der Waals surface area contributed by atoms with Crippen LogP contribution in [0.1, 0.15) is 39.0 Å². The zero-order valence-corrected chi connectivity index (χ0v) is 7.42. The highest BCUT2D eigenvalue weighted by molar-refractivity contribution is 5.48. The summed E-state index contributed by atoms with van der Waals surface area (Å²) in [4.78, 5) is 9.84. The number of carbonyl (C=O) groups excluding carboxylic acids is 1. The van der Waals surface area contributed by atoms with Crippen molar-refractivity contribution in [3.8, 4) is 12.0 Å². The monoisotopic (exact) mass is 169 g/mol. The van der Waals surface area contributed by atoms with Crippen molar-refractivity contribution in [1.82, 2.24) is 5.06 Å². The molecule has 1 amide bonds. The molecule has 0 unspecified atom stereocenters. The Morgan fingerprint density at radius 1 is 1.42 bits per heavy atom. The van der Waals surface area contributed by atoms with Gasteiger partial charge in [-0.3, -0.25) is 10.0 Å². The lowest BCUT2D eigenvalue weighted by molar-refractivity contribution is -0.136. The van der Waals surface area contributed by atoms with Crippen molar-refractivity contribution in [2.45, 2.75) is 39.0 Å². The van der Waals surface area contributed by atoms with E-state index < -0.39 is 0 Å². The molecule has 3 nitrogen and oxygen atoms in total. The highest BCUT2D eigenvalue weighted by atomic mass is 16.5. The standard InChI is InChI=1S/C9H15NO2/c1-2-3-4-5-6-7-8-10(12)9-11/h9,12H,2-6H2,1H3. The van der Waals surface area contributed by atoms with E-state index in [1.165, 1.54) is 12.8 Å². The van der Waals surface area contributed by atoms with Crippen molar-refractivity contribution in [3.63, 3.8) is 0 Å². The molecule has 3 heteroatoms. The highest BCUT2D eigenvalue weighted by Crippen LogP contribution is 2.00. The van der Waals surface area contributed by atoms with E-state index in [0.29, 0.717) is 5.06 Å². The molecule has 0 aromatic carbocycles. The Labute approximate surface area is 73.3 Å². The van der Waals surface area contributed by atoms with Crippen molar-refractivity contribution >= 4 is 6.41 Å². The molecule has 0 heterocycles. The van der Waals surface area contributed by atoms with Crippen LogP contribution in [-0.4, -0.2) is 16.7 Å². The summed E-state index contributed by atoms with van der Waals surface area (Å²) in [6.07, 6.45) is 5.64. The summed E-state index contributed by atoms with van der Waals surface area (Å²) >= 11 is 0. The minimum Gasteiger partial charge on any atom is -0.275 e. The first-order valence-corrected chi connectivity index (χ1v) is 4.23. The van der Waals surface area contributed by atoms with Crippen molar-refractivity contribution in [2.75, 3.05) is 0 Å². The van der Waals surface area contributed by atoms with Gasteiger partial charge in [-0.05, 0) is 6.42 Å². The third-order valence-electron chi connectivity index (χ3n) is 1.45. The van der Waals surface area contributed by atoms with E-state index in [1.54, 1.807) is 0 Å². The van der Waals surface area contributed by atoms with Crippen molar-refractivity contribution in [1.29, 1.82) is 0 Å². The summed E-state index contributed by atoms with van der Waals surface area (Å²) in [6, 6.07) is 2.28. The van der Waals surface area contributed by atoms with E-state index in [2.05, 4.69) is 18.9 Å². The Bertz CT molecular complexity index is 169. The maximum absolute atomic E-state index is 9.84. The van der Waals surface area contributed by atoms with Gasteiger partial charge in [-0.2, -0.15) is 0 Å². The van der Waals surface area contributed by atoms with Gasteiger partial charge in [0.25, 0.3) is 0 Å². The number of amides is 1. The summed E-state index contributed by atoms with van der Waals surface area (Å²) in [6.45, 7) is 2.15. The second kappa shape index (κ2) is 8.09. The van der Waals surface area contributed by atoms with Crippen molar-refractivity contribution in [2.24, 2.45) is 0 Å². The number of carbonyl (C=O) groups is 1. The van der Waals surface area contributed by atoms with Gasteiger partial charge in [0.15, 0.2) is 0 Å². The van der Waals surface area contributed by atoms with Gasteiger partial charge in [0, 0.05) is 12.5 Å². The van der Waals surface area contributed by atoms with Gasteiger partial charge in [-0.1, -0.05) is 32.1 Å². The van der Waals surface area contributed by atoms with Crippen LogP contribution >= 0.6 is 0 Å². The summed E-state index contributed by atoms with van der Waals surface area (Å²) < 4.78 is 0. The van der Waals surface area contributed by atoms with Gasteiger partial charge in [0.05, 0.1) is 0 Å². The molecule has 0 aromatic rings. The number of hydrogen-bond acceptors (Lipinski definition) is 2. The predicted molar refractivity (Wildman–Crippen MR) is 46.2 cm³/mol. The van der Waals surface area contributed by atoms with Crippen LogP contribution in [-0.2, 0) is 4.79 Å². The molecule has 0 radical (unpaired) electrons. The SMILES string of the molecule is CCCCCCC#CN(O)C=O. The smallest absolute Gasteiger partial charge is 0.245 e. The number of unbranched alkanes of at least 4 members (excludes halogenated alkanes) is 4. The second-order valence-electron chi connectivity index (χ2n) is 2.55. The van der Waals surface area contributed by atoms with Crippen LogP contribution in [0.15, 0.2) is 0 Å². The molecule has 68 valence electrons. The fourth-order valence-electron chi connectivity index (χ4n) is 0.803. The lowest BCUT2D eigenvalue weighted by Crippen LogP contribution is -2.07. The fourth-order valence-corrected chi connectivity index (χ4v) is 0.803. The maximum Gasteiger partial charge on any atom is 0.245 e. The second-order valence-corrected chi connectivity index (χ2v) is 2.55. The quantitative estimate of drug-likeness (QED) is 0.170. The van der Waals surface area contributed by atoms with Crippen LogP contribution in [0.2, 0.25) is 0 Å².